The van der Waals surface area contributed by atoms with Crippen LogP contribution in [0.5, 0.6) is 0 Å². The third-order valence-electron chi connectivity index (χ3n) is 5.15. The fraction of sp³-hybridized carbons (Fsp3) is 0.409. The summed E-state index contributed by atoms with van der Waals surface area (Å²) in [4.78, 5) is 13.6. The van der Waals surface area contributed by atoms with Gasteiger partial charge in [-0.2, -0.15) is 0 Å². The number of thioether (sulfide) groups is 1. The number of hydrogen-bond acceptors (Lipinski definition) is 4. The van der Waals surface area contributed by atoms with Crippen LogP contribution in [0.1, 0.15) is 44.1 Å². The zero-order valence-corrected chi connectivity index (χ0v) is 18.3. The van der Waals surface area contributed by atoms with Crippen molar-refractivity contribution < 1.29 is 13.2 Å². The third-order valence-corrected chi connectivity index (χ3v) is 7.42. The summed E-state index contributed by atoms with van der Waals surface area (Å²) in [6, 6.07) is 14.6. The van der Waals surface area contributed by atoms with E-state index in [1.54, 1.807) is 36.0 Å². The molecule has 0 unspecified atom stereocenters. The molecular formula is C22H28N2O3S2. The lowest BCUT2D eigenvalue weighted by atomic mass is 9.96. The van der Waals surface area contributed by atoms with Crippen molar-refractivity contribution in [3.63, 3.8) is 0 Å². The fourth-order valence-electron chi connectivity index (χ4n) is 3.53. The predicted molar refractivity (Wildman–Crippen MR) is 119 cm³/mol. The van der Waals surface area contributed by atoms with E-state index in [9.17, 15) is 13.2 Å². The number of carbonyl (C=O) groups is 1. The van der Waals surface area contributed by atoms with Crippen molar-refractivity contribution in [2.75, 3.05) is 11.6 Å². The second-order valence-corrected chi connectivity index (χ2v) is 9.97. The van der Waals surface area contributed by atoms with E-state index in [0.29, 0.717) is 12.8 Å². The summed E-state index contributed by atoms with van der Waals surface area (Å²) in [5.74, 6) is -0.0566. The van der Waals surface area contributed by atoms with Gasteiger partial charge in [-0.1, -0.05) is 37.5 Å². The molecule has 0 saturated heterocycles. The Labute approximate surface area is 177 Å². The summed E-state index contributed by atoms with van der Waals surface area (Å²) in [6.07, 6.45) is 8.06. The molecule has 0 aliphatic heterocycles. The molecule has 156 valence electrons. The average Bonchev–Trinajstić information content (AvgIpc) is 2.73. The molecule has 29 heavy (non-hydrogen) atoms. The van der Waals surface area contributed by atoms with Gasteiger partial charge in [0.05, 0.1) is 4.90 Å². The number of carbonyl (C=O) groups excluding carboxylic acids is 1. The van der Waals surface area contributed by atoms with Gasteiger partial charge in [0.2, 0.25) is 15.9 Å². The highest BCUT2D eigenvalue weighted by Gasteiger charge is 2.21. The van der Waals surface area contributed by atoms with Crippen molar-refractivity contribution in [2.24, 2.45) is 0 Å². The van der Waals surface area contributed by atoms with Crippen molar-refractivity contribution >= 4 is 33.4 Å². The van der Waals surface area contributed by atoms with Crippen LogP contribution in [0.25, 0.3) is 0 Å². The van der Waals surface area contributed by atoms with E-state index in [0.717, 1.165) is 41.8 Å². The minimum Gasteiger partial charge on any atom is -0.326 e. The summed E-state index contributed by atoms with van der Waals surface area (Å²) < 4.78 is 27.9. The Bertz CT molecular complexity index is 921. The first kappa shape index (κ1) is 21.9. The second kappa shape index (κ2) is 10.3. The highest BCUT2D eigenvalue weighted by Crippen LogP contribution is 2.21. The zero-order valence-electron chi connectivity index (χ0n) is 16.7. The largest absolute Gasteiger partial charge is 0.326 e. The van der Waals surface area contributed by atoms with E-state index in [1.165, 1.54) is 6.42 Å². The molecule has 2 aromatic carbocycles. The van der Waals surface area contributed by atoms with Gasteiger partial charge in [-0.15, -0.1) is 11.8 Å². The van der Waals surface area contributed by atoms with Crippen LogP contribution in [0.3, 0.4) is 0 Å². The van der Waals surface area contributed by atoms with Crippen LogP contribution in [0.15, 0.2) is 58.3 Å². The van der Waals surface area contributed by atoms with Crippen LogP contribution >= 0.6 is 11.8 Å². The van der Waals surface area contributed by atoms with E-state index in [2.05, 4.69) is 10.0 Å². The quantitative estimate of drug-likeness (QED) is 0.598. The molecule has 0 radical (unpaired) electrons. The SMILES string of the molecule is CSc1cccc(NC(=O)CCc2ccc(S(=O)(=O)NC3CCCCC3)cc2)c1. The minimum atomic E-state index is -3.49. The third kappa shape index (κ3) is 6.59. The number of nitrogens with one attached hydrogen (secondary N) is 2. The van der Waals surface area contributed by atoms with Crippen molar-refractivity contribution in [1.29, 1.82) is 0 Å². The molecule has 1 aliphatic rings. The summed E-state index contributed by atoms with van der Waals surface area (Å²) in [7, 11) is -3.49. The van der Waals surface area contributed by atoms with Gasteiger partial charge in [-0.05, 0) is 61.4 Å². The molecular weight excluding hydrogens is 404 g/mol. The van der Waals surface area contributed by atoms with E-state index in [-0.39, 0.29) is 16.8 Å². The van der Waals surface area contributed by atoms with E-state index >= 15 is 0 Å². The number of amides is 1. The molecule has 3 rings (SSSR count). The topological polar surface area (TPSA) is 75.3 Å². The second-order valence-electron chi connectivity index (χ2n) is 7.38. The molecule has 2 aromatic rings. The highest BCUT2D eigenvalue weighted by atomic mass is 32.2. The van der Waals surface area contributed by atoms with Gasteiger partial charge in [-0.3, -0.25) is 4.79 Å². The monoisotopic (exact) mass is 432 g/mol. The van der Waals surface area contributed by atoms with Gasteiger partial charge < -0.3 is 5.32 Å². The lowest BCUT2D eigenvalue weighted by molar-refractivity contribution is -0.116. The number of rotatable bonds is 8. The van der Waals surface area contributed by atoms with Gasteiger partial charge in [0.25, 0.3) is 0 Å². The summed E-state index contributed by atoms with van der Waals surface area (Å²) in [5.41, 5.74) is 1.73. The van der Waals surface area contributed by atoms with Gasteiger partial charge in [0.15, 0.2) is 0 Å². The van der Waals surface area contributed by atoms with Crippen LogP contribution in [0.2, 0.25) is 0 Å². The molecule has 1 saturated carbocycles. The van der Waals surface area contributed by atoms with Crippen LogP contribution in [-0.2, 0) is 21.2 Å². The minimum absolute atomic E-state index is 0.0433. The standard InChI is InChI=1S/C22H28N2O3S2/c1-28-20-9-5-8-19(16-20)23-22(25)15-12-17-10-13-21(14-11-17)29(26,27)24-18-6-3-2-4-7-18/h5,8-11,13-14,16,18,24H,2-4,6-7,12,15H2,1H3,(H,23,25). The zero-order chi connectivity index (χ0) is 20.7. The Morgan fingerprint density at radius 1 is 1.07 bits per heavy atom. The van der Waals surface area contributed by atoms with Crippen molar-refractivity contribution in [3.05, 3.63) is 54.1 Å². The molecule has 1 aliphatic carbocycles. The Balaban J connectivity index is 1.52. The van der Waals surface area contributed by atoms with E-state index < -0.39 is 10.0 Å². The highest BCUT2D eigenvalue weighted by molar-refractivity contribution is 7.98. The molecule has 0 atom stereocenters. The number of benzene rings is 2. The molecule has 7 heteroatoms. The summed E-state index contributed by atoms with van der Waals surface area (Å²) in [6.45, 7) is 0. The Kier molecular flexibility index (Phi) is 7.75. The Morgan fingerprint density at radius 2 is 1.79 bits per heavy atom. The van der Waals surface area contributed by atoms with Gasteiger partial charge in [0.1, 0.15) is 0 Å². The molecule has 0 heterocycles. The molecule has 2 N–H and O–H groups in total. The van der Waals surface area contributed by atoms with Crippen molar-refractivity contribution in [2.45, 2.75) is 60.8 Å². The van der Waals surface area contributed by atoms with E-state index in [4.69, 9.17) is 0 Å². The van der Waals surface area contributed by atoms with Crippen LogP contribution in [0, 0.1) is 0 Å². The number of anilines is 1. The lowest BCUT2D eigenvalue weighted by Gasteiger charge is -2.22. The maximum absolute atomic E-state index is 12.6. The number of hydrogen-bond donors (Lipinski definition) is 2. The van der Waals surface area contributed by atoms with Gasteiger partial charge >= 0.3 is 0 Å². The van der Waals surface area contributed by atoms with Gasteiger partial charge in [0, 0.05) is 23.0 Å². The maximum atomic E-state index is 12.6. The van der Waals surface area contributed by atoms with Gasteiger partial charge in [-0.25, -0.2) is 13.1 Å². The summed E-state index contributed by atoms with van der Waals surface area (Å²) in [5, 5.41) is 2.91. The Morgan fingerprint density at radius 3 is 2.48 bits per heavy atom. The molecule has 0 aromatic heterocycles. The van der Waals surface area contributed by atoms with Crippen molar-refractivity contribution in [3.8, 4) is 0 Å². The molecule has 0 spiro atoms. The smallest absolute Gasteiger partial charge is 0.240 e. The summed E-state index contributed by atoms with van der Waals surface area (Å²) >= 11 is 1.63. The first-order valence-corrected chi connectivity index (χ1v) is 12.7. The number of aryl methyl sites for hydroxylation is 1. The normalized spacial score (nSPS) is 15.2. The lowest BCUT2D eigenvalue weighted by Crippen LogP contribution is -2.36. The van der Waals surface area contributed by atoms with Crippen LogP contribution in [-0.4, -0.2) is 26.6 Å². The number of sulfonamides is 1. The molecule has 1 fully saturated rings. The van der Waals surface area contributed by atoms with Crippen molar-refractivity contribution in [1.82, 2.24) is 4.72 Å². The first-order chi connectivity index (χ1) is 14.0. The van der Waals surface area contributed by atoms with Crippen LogP contribution in [0.4, 0.5) is 5.69 Å². The predicted octanol–water partition coefficient (Wildman–Crippen LogP) is 4.59. The van der Waals surface area contributed by atoms with Crippen LogP contribution < -0.4 is 10.0 Å². The molecule has 0 bridgehead atoms. The average molecular weight is 433 g/mol. The molecule has 5 nitrogen and oxygen atoms in total. The first-order valence-electron chi connectivity index (χ1n) is 10.0. The Hall–Kier alpha value is -1.83. The van der Waals surface area contributed by atoms with E-state index in [1.807, 2.05) is 30.5 Å². The molecule has 1 amide bonds. The maximum Gasteiger partial charge on any atom is 0.240 e. The fourth-order valence-corrected chi connectivity index (χ4v) is 5.29.